The van der Waals surface area contributed by atoms with Crippen LogP contribution in [0, 0.1) is 13.8 Å². The van der Waals surface area contributed by atoms with E-state index >= 15 is 0 Å². The predicted octanol–water partition coefficient (Wildman–Crippen LogP) is 4.09. The van der Waals surface area contributed by atoms with Crippen molar-refractivity contribution in [2.75, 3.05) is 13.1 Å². The van der Waals surface area contributed by atoms with Gasteiger partial charge in [-0.15, -0.1) is 24.8 Å². The first-order valence-electron chi connectivity index (χ1n) is 9.80. The molecular weight excluding hydrogens is 409 g/mol. The highest BCUT2D eigenvalue weighted by Gasteiger charge is 2.38. The molecule has 2 aromatic rings. The van der Waals surface area contributed by atoms with Gasteiger partial charge in [0.2, 0.25) is 0 Å². The summed E-state index contributed by atoms with van der Waals surface area (Å²) < 4.78 is 6.03. The molecule has 3 heterocycles. The first-order chi connectivity index (χ1) is 13.1. The lowest BCUT2D eigenvalue weighted by atomic mass is 10.0. The van der Waals surface area contributed by atoms with Crippen molar-refractivity contribution in [1.82, 2.24) is 15.2 Å². The second kappa shape index (κ2) is 10.3. The van der Waals surface area contributed by atoms with E-state index in [0.29, 0.717) is 18.7 Å². The lowest BCUT2D eigenvalue weighted by Crippen LogP contribution is -2.42. The summed E-state index contributed by atoms with van der Waals surface area (Å²) in [4.78, 5) is 19.5. The van der Waals surface area contributed by atoms with Crippen LogP contribution in [0.25, 0.3) is 0 Å². The van der Waals surface area contributed by atoms with Crippen molar-refractivity contribution in [2.24, 2.45) is 0 Å². The van der Waals surface area contributed by atoms with Crippen LogP contribution in [0.1, 0.15) is 46.3 Å². The Bertz CT molecular complexity index is 795. The molecule has 1 aromatic heterocycles. The van der Waals surface area contributed by atoms with E-state index in [1.807, 2.05) is 44.3 Å². The number of hydrogen-bond acceptors (Lipinski definition) is 4. The van der Waals surface area contributed by atoms with E-state index in [1.54, 1.807) is 6.20 Å². The van der Waals surface area contributed by atoms with Gasteiger partial charge in [0.25, 0.3) is 5.91 Å². The van der Waals surface area contributed by atoms with E-state index in [4.69, 9.17) is 4.74 Å². The SMILES string of the molecule is Cc1cc(C(=O)N2C3CCNCC2CC3)cc(C)c1OCc1cccnc1.Cl.Cl. The Morgan fingerprint density at radius 2 is 1.90 bits per heavy atom. The largest absolute Gasteiger partial charge is 0.488 e. The molecule has 2 unspecified atom stereocenters. The van der Waals surface area contributed by atoms with Gasteiger partial charge in [0, 0.05) is 42.1 Å². The Balaban J connectivity index is 0.00000150. The average molecular weight is 438 g/mol. The van der Waals surface area contributed by atoms with E-state index in [9.17, 15) is 4.79 Å². The molecule has 0 spiro atoms. The smallest absolute Gasteiger partial charge is 0.254 e. The first kappa shape index (κ1) is 23.5. The van der Waals surface area contributed by atoms with Crippen LogP contribution < -0.4 is 10.1 Å². The Kier molecular flexibility index (Phi) is 8.32. The average Bonchev–Trinajstić information content (AvgIpc) is 2.93. The number of rotatable bonds is 4. The lowest BCUT2D eigenvalue weighted by Gasteiger charge is -2.28. The third kappa shape index (κ3) is 5.03. The number of amides is 1. The van der Waals surface area contributed by atoms with Gasteiger partial charge in [0.15, 0.2) is 0 Å². The number of carbonyl (C=O) groups excluding carboxylic acids is 1. The molecule has 1 N–H and O–H groups in total. The number of benzene rings is 1. The van der Waals surface area contributed by atoms with E-state index in [0.717, 1.165) is 60.4 Å². The minimum atomic E-state index is 0. The normalized spacial score (nSPS) is 20.3. The second-order valence-electron chi connectivity index (χ2n) is 7.68. The van der Waals surface area contributed by atoms with E-state index in [1.165, 1.54) is 0 Å². The Labute approximate surface area is 185 Å². The van der Waals surface area contributed by atoms with Crippen LogP contribution in [-0.2, 0) is 6.61 Å². The standard InChI is InChI=1S/C22H27N3O2.2ClH/c1-15-10-18(22(26)25-19-5-6-20(25)13-24-9-7-19)11-16(2)21(15)27-14-17-4-3-8-23-12-17;;/h3-4,8,10-12,19-20,24H,5-7,9,13-14H2,1-2H3;2*1H. The van der Waals surface area contributed by atoms with Crippen LogP contribution in [0.2, 0.25) is 0 Å². The molecule has 7 heteroatoms. The molecule has 2 fully saturated rings. The molecule has 2 aliphatic heterocycles. The first-order valence-corrected chi connectivity index (χ1v) is 9.80. The van der Waals surface area contributed by atoms with Crippen LogP contribution in [0.15, 0.2) is 36.7 Å². The Morgan fingerprint density at radius 1 is 1.17 bits per heavy atom. The number of carbonyl (C=O) groups is 1. The summed E-state index contributed by atoms with van der Waals surface area (Å²) in [5, 5.41) is 3.46. The van der Waals surface area contributed by atoms with Crippen molar-refractivity contribution in [3.63, 3.8) is 0 Å². The Hall–Kier alpha value is -1.82. The van der Waals surface area contributed by atoms with Gasteiger partial charge < -0.3 is 15.0 Å². The molecule has 158 valence electrons. The maximum Gasteiger partial charge on any atom is 0.254 e. The highest BCUT2D eigenvalue weighted by atomic mass is 35.5. The monoisotopic (exact) mass is 437 g/mol. The van der Waals surface area contributed by atoms with Gasteiger partial charge in [-0.1, -0.05) is 6.07 Å². The molecule has 2 saturated heterocycles. The minimum Gasteiger partial charge on any atom is -0.488 e. The number of aryl methyl sites for hydroxylation is 2. The highest BCUT2D eigenvalue weighted by Crippen LogP contribution is 2.32. The lowest BCUT2D eigenvalue weighted by molar-refractivity contribution is 0.0680. The molecular formula is C22H29Cl2N3O2. The third-order valence-corrected chi connectivity index (χ3v) is 5.70. The predicted molar refractivity (Wildman–Crippen MR) is 119 cm³/mol. The molecule has 2 aliphatic rings. The number of nitrogens with zero attached hydrogens (tertiary/aromatic N) is 2. The minimum absolute atomic E-state index is 0. The van der Waals surface area contributed by atoms with Crippen LogP contribution in [0.3, 0.4) is 0 Å². The van der Waals surface area contributed by atoms with Crippen LogP contribution in [0.5, 0.6) is 5.75 Å². The maximum absolute atomic E-state index is 13.3. The van der Waals surface area contributed by atoms with Gasteiger partial charge in [0.1, 0.15) is 12.4 Å². The summed E-state index contributed by atoms with van der Waals surface area (Å²) in [6, 6.07) is 8.56. The number of fused-ring (bicyclic) bond motifs is 2. The molecule has 1 aromatic carbocycles. The van der Waals surface area contributed by atoms with Gasteiger partial charge in [-0.25, -0.2) is 0 Å². The number of halogens is 2. The van der Waals surface area contributed by atoms with Crippen molar-refractivity contribution in [3.8, 4) is 5.75 Å². The highest BCUT2D eigenvalue weighted by molar-refractivity contribution is 5.95. The molecule has 2 atom stereocenters. The number of ether oxygens (including phenoxy) is 1. The second-order valence-corrected chi connectivity index (χ2v) is 7.68. The van der Waals surface area contributed by atoms with Gasteiger partial charge in [-0.2, -0.15) is 0 Å². The summed E-state index contributed by atoms with van der Waals surface area (Å²) in [6.07, 6.45) is 6.85. The Morgan fingerprint density at radius 3 is 2.59 bits per heavy atom. The summed E-state index contributed by atoms with van der Waals surface area (Å²) >= 11 is 0. The van der Waals surface area contributed by atoms with Crippen molar-refractivity contribution in [2.45, 2.75) is 51.8 Å². The van der Waals surface area contributed by atoms with Gasteiger partial charge in [0.05, 0.1) is 0 Å². The van der Waals surface area contributed by atoms with Gasteiger partial charge in [-0.3, -0.25) is 9.78 Å². The van der Waals surface area contributed by atoms with Crippen LogP contribution in [0.4, 0.5) is 0 Å². The molecule has 0 radical (unpaired) electrons. The van der Waals surface area contributed by atoms with E-state index in [2.05, 4.69) is 15.2 Å². The number of pyridine rings is 1. The van der Waals surface area contributed by atoms with Crippen molar-refractivity contribution in [3.05, 3.63) is 58.9 Å². The third-order valence-electron chi connectivity index (χ3n) is 5.70. The molecule has 29 heavy (non-hydrogen) atoms. The zero-order valence-electron chi connectivity index (χ0n) is 16.9. The van der Waals surface area contributed by atoms with Crippen LogP contribution >= 0.6 is 24.8 Å². The number of hydrogen-bond donors (Lipinski definition) is 1. The van der Waals surface area contributed by atoms with Crippen molar-refractivity contribution in [1.29, 1.82) is 0 Å². The van der Waals surface area contributed by atoms with Gasteiger partial charge >= 0.3 is 0 Å². The molecule has 0 saturated carbocycles. The zero-order chi connectivity index (χ0) is 18.8. The molecule has 5 nitrogen and oxygen atoms in total. The summed E-state index contributed by atoms with van der Waals surface area (Å²) in [6.45, 7) is 6.42. The maximum atomic E-state index is 13.3. The fraction of sp³-hybridized carbons (Fsp3) is 0.455. The van der Waals surface area contributed by atoms with Crippen molar-refractivity contribution >= 4 is 30.7 Å². The molecule has 0 aliphatic carbocycles. The fourth-order valence-electron chi connectivity index (χ4n) is 4.40. The number of aromatic nitrogens is 1. The van der Waals surface area contributed by atoms with Crippen molar-refractivity contribution < 1.29 is 9.53 Å². The molecule has 1 amide bonds. The summed E-state index contributed by atoms with van der Waals surface area (Å²) in [7, 11) is 0. The van der Waals surface area contributed by atoms with Gasteiger partial charge in [-0.05, 0) is 69.0 Å². The van der Waals surface area contributed by atoms with E-state index < -0.39 is 0 Å². The summed E-state index contributed by atoms with van der Waals surface area (Å²) in [5.41, 5.74) is 3.81. The molecule has 4 rings (SSSR count). The topological polar surface area (TPSA) is 54.5 Å². The fourth-order valence-corrected chi connectivity index (χ4v) is 4.40. The summed E-state index contributed by atoms with van der Waals surface area (Å²) in [5.74, 6) is 1.02. The molecule has 2 bridgehead atoms. The van der Waals surface area contributed by atoms with Crippen LogP contribution in [-0.4, -0.2) is 41.0 Å². The quantitative estimate of drug-likeness (QED) is 0.782. The number of nitrogens with one attached hydrogen (secondary N) is 1. The van der Waals surface area contributed by atoms with E-state index in [-0.39, 0.29) is 30.7 Å². The zero-order valence-corrected chi connectivity index (χ0v) is 18.5.